The maximum Gasteiger partial charge on any atom is 0.258 e. The predicted molar refractivity (Wildman–Crippen MR) is 78.5 cm³/mol. The Hall–Kier alpha value is -2.86. The van der Waals surface area contributed by atoms with E-state index in [0.29, 0.717) is 11.1 Å². The molecule has 0 aliphatic carbocycles. The number of benzene rings is 2. The zero-order valence-corrected chi connectivity index (χ0v) is 11.1. The van der Waals surface area contributed by atoms with Crippen molar-refractivity contribution in [2.75, 3.05) is 0 Å². The molecule has 2 aromatic carbocycles. The largest absolute Gasteiger partial charge is 0.289 e. The second-order valence-corrected chi connectivity index (χ2v) is 4.55. The highest BCUT2D eigenvalue weighted by atomic mass is 16.1. The molecule has 1 heterocycles. The molecule has 0 bridgehead atoms. The van der Waals surface area contributed by atoms with Gasteiger partial charge < -0.3 is 0 Å². The number of nitrogens with zero attached hydrogens (tertiary/aromatic N) is 3. The lowest BCUT2D eigenvalue weighted by atomic mass is 10.1. The van der Waals surface area contributed by atoms with Crippen molar-refractivity contribution in [1.82, 2.24) is 5.32 Å². The van der Waals surface area contributed by atoms with Gasteiger partial charge in [0.25, 0.3) is 11.7 Å². The van der Waals surface area contributed by atoms with Crippen LogP contribution in [0.4, 0.5) is 0 Å². The number of nitrogens with two attached hydrogens (primary N) is 1. The zero-order chi connectivity index (χ0) is 14.7. The molecule has 1 atom stereocenters. The number of rotatable bonds is 2. The van der Waals surface area contributed by atoms with E-state index < -0.39 is 5.79 Å². The first-order valence-corrected chi connectivity index (χ1v) is 6.41. The molecule has 1 amide bonds. The van der Waals surface area contributed by atoms with Crippen molar-refractivity contribution < 1.29 is 4.79 Å². The lowest BCUT2D eigenvalue weighted by Crippen LogP contribution is -2.33. The van der Waals surface area contributed by atoms with E-state index in [2.05, 4.69) is 20.5 Å². The number of hydrogen-bond donors (Lipinski definition) is 2. The summed E-state index contributed by atoms with van der Waals surface area (Å²) in [6.45, 7) is 0. The van der Waals surface area contributed by atoms with Gasteiger partial charge in [0.1, 0.15) is 0 Å². The monoisotopic (exact) mass is 279 g/mol. The Morgan fingerprint density at radius 2 is 1.62 bits per heavy atom. The number of amides is 1. The second kappa shape index (κ2) is 5.26. The van der Waals surface area contributed by atoms with Gasteiger partial charge in [-0.05, 0) is 12.1 Å². The first-order valence-electron chi connectivity index (χ1n) is 6.41. The minimum atomic E-state index is -1.28. The highest BCUT2D eigenvalue weighted by Crippen LogP contribution is 2.25. The normalized spacial score (nSPS) is 20.1. The maximum atomic E-state index is 12.0. The van der Waals surface area contributed by atoms with Crippen LogP contribution in [-0.2, 0) is 5.79 Å². The average Bonchev–Trinajstić information content (AvgIpc) is 2.91. The Morgan fingerprint density at radius 1 is 1.00 bits per heavy atom. The molecule has 0 fully saturated rings. The predicted octanol–water partition coefficient (Wildman–Crippen LogP) is 2.01. The van der Waals surface area contributed by atoms with Crippen molar-refractivity contribution in [2.24, 2.45) is 21.0 Å². The molecular formula is C15H13N5O. The molecule has 2 aromatic rings. The Bertz CT molecular complexity index is 711. The summed E-state index contributed by atoms with van der Waals surface area (Å²) >= 11 is 0. The summed E-state index contributed by atoms with van der Waals surface area (Å²) in [6, 6.07) is 18.0. The number of carbonyl (C=O) groups excluding carboxylic acids is 1. The van der Waals surface area contributed by atoms with Crippen LogP contribution in [0.1, 0.15) is 15.9 Å². The minimum Gasteiger partial charge on any atom is -0.289 e. The SMILES string of the molecule is NC1(c2ccccc2)N=NC(NC(=O)c2ccccc2)=N1. The Labute approximate surface area is 121 Å². The summed E-state index contributed by atoms with van der Waals surface area (Å²) < 4.78 is 0. The van der Waals surface area contributed by atoms with Crippen LogP contribution in [-0.4, -0.2) is 11.9 Å². The van der Waals surface area contributed by atoms with Crippen LogP contribution in [0.2, 0.25) is 0 Å². The van der Waals surface area contributed by atoms with Crippen molar-refractivity contribution in [1.29, 1.82) is 0 Å². The molecular weight excluding hydrogens is 266 g/mol. The highest BCUT2D eigenvalue weighted by molar-refractivity contribution is 6.06. The summed E-state index contributed by atoms with van der Waals surface area (Å²) in [7, 11) is 0. The molecule has 3 N–H and O–H groups in total. The van der Waals surface area contributed by atoms with Crippen LogP contribution >= 0.6 is 0 Å². The summed E-state index contributed by atoms with van der Waals surface area (Å²) in [5.41, 5.74) is 7.31. The van der Waals surface area contributed by atoms with Crippen LogP contribution in [0, 0.1) is 0 Å². The van der Waals surface area contributed by atoms with E-state index in [1.807, 2.05) is 36.4 Å². The van der Waals surface area contributed by atoms with Crippen LogP contribution < -0.4 is 11.1 Å². The van der Waals surface area contributed by atoms with Crippen LogP contribution in [0.15, 0.2) is 75.9 Å². The molecule has 0 saturated heterocycles. The van der Waals surface area contributed by atoms with Gasteiger partial charge in [0.2, 0.25) is 5.96 Å². The topological polar surface area (TPSA) is 92.2 Å². The van der Waals surface area contributed by atoms with Gasteiger partial charge in [-0.3, -0.25) is 15.8 Å². The second-order valence-electron chi connectivity index (χ2n) is 4.55. The molecule has 104 valence electrons. The van der Waals surface area contributed by atoms with E-state index in [1.165, 1.54) is 0 Å². The number of azo groups is 1. The first kappa shape index (κ1) is 13.1. The molecule has 3 rings (SSSR count). The highest BCUT2D eigenvalue weighted by Gasteiger charge is 2.31. The number of aliphatic imine (C=N–C) groups is 1. The van der Waals surface area contributed by atoms with E-state index in [-0.39, 0.29) is 11.9 Å². The first-order chi connectivity index (χ1) is 10.2. The molecule has 21 heavy (non-hydrogen) atoms. The summed E-state index contributed by atoms with van der Waals surface area (Å²) in [5.74, 6) is -1.47. The fraction of sp³-hybridized carbons (Fsp3) is 0.0667. The fourth-order valence-corrected chi connectivity index (χ4v) is 1.95. The van der Waals surface area contributed by atoms with E-state index in [1.54, 1.807) is 24.3 Å². The van der Waals surface area contributed by atoms with Gasteiger partial charge in [-0.1, -0.05) is 48.5 Å². The van der Waals surface area contributed by atoms with Crippen molar-refractivity contribution in [3.05, 3.63) is 71.8 Å². The molecule has 6 heteroatoms. The van der Waals surface area contributed by atoms with Crippen LogP contribution in [0.25, 0.3) is 0 Å². The lowest BCUT2D eigenvalue weighted by molar-refractivity contribution is 0.0976. The van der Waals surface area contributed by atoms with E-state index in [0.717, 1.165) is 0 Å². The minimum absolute atomic E-state index is 0.107. The molecule has 1 aliphatic rings. The smallest absolute Gasteiger partial charge is 0.258 e. The molecule has 0 radical (unpaired) electrons. The van der Waals surface area contributed by atoms with Crippen LogP contribution in [0.5, 0.6) is 0 Å². The third-order valence-corrected chi connectivity index (χ3v) is 3.03. The van der Waals surface area contributed by atoms with E-state index in [4.69, 9.17) is 5.73 Å². The zero-order valence-electron chi connectivity index (χ0n) is 11.1. The summed E-state index contributed by atoms with van der Waals surface area (Å²) in [5, 5.41) is 10.4. The molecule has 6 nitrogen and oxygen atoms in total. The van der Waals surface area contributed by atoms with Gasteiger partial charge in [0.15, 0.2) is 0 Å². The summed E-state index contributed by atoms with van der Waals surface area (Å²) in [4.78, 5) is 16.2. The van der Waals surface area contributed by atoms with Gasteiger partial charge in [-0.2, -0.15) is 4.99 Å². The lowest BCUT2D eigenvalue weighted by Gasteiger charge is -2.14. The molecule has 0 spiro atoms. The third-order valence-electron chi connectivity index (χ3n) is 3.03. The quantitative estimate of drug-likeness (QED) is 0.880. The molecule has 1 unspecified atom stereocenters. The Balaban J connectivity index is 1.79. The van der Waals surface area contributed by atoms with Crippen molar-refractivity contribution >= 4 is 11.9 Å². The van der Waals surface area contributed by atoms with Crippen molar-refractivity contribution in [3.8, 4) is 0 Å². The van der Waals surface area contributed by atoms with Crippen molar-refractivity contribution in [3.63, 3.8) is 0 Å². The Morgan fingerprint density at radius 3 is 2.29 bits per heavy atom. The number of nitrogens with one attached hydrogen (secondary N) is 1. The molecule has 1 aliphatic heterocycles. The maximum absolute atomic E-state index is 12.0. The summed E-state index contributed by atoms with van der Waals surface area (Å²) in [6.07, 6.45) is 0. The fourth-order valence-electron chi connectivity index (χ4n) is 1.95. The van der Waals surface area contributed by atoms with Gasteiger partial charge >= 0.3 is 0 Å². The van der Waals surface area contributed by atoms with E-state index in [9.17, 15) is 4.79 Å². The van der Waals surface area contributed by atoms with Gasteiger partial charge in [-0.15, -0.1) is 10.2 Å². The van der Waals surface area contributed by atoms with Gasteiger partial charge in [0, 0.05) is 11.1 Å². The van der Waals surface area contributed by atoms with E-state index >= 15 is 0 Å². The number of carbonyl (C=O) groups is 1. The standard InChI is InChI=1S/C15H13N5O/c16-15(12-9-5-2-6-10-12)18-14(19-20-15)17-13(21)11-7-3-1-4-8-11/h1-10H,16H2,(H,17,18,21). The van der Waals surface area contributed by atoms with Gasteiger partial charge in [0.05, 0.1) is 0 Å². The van der Waals surface area contributed by atoms with Crippen LogP contribution in [0.3, 0.4) is 0 Å². The van der Waals surface area contributed by atoms with Crippen molar-refractivity contribution in [2.45, 2.75) is 5.79 Å². The number of guanidine groups is 1. The van der Waals surface area contributed by atoms with Gasteiger partial charge in [-0.25, -0.2) is 0 Å². The number of hydrogen-bond acceptors (Lipinski definition) is 5. The molecule has 0 saturated carbocycles. The molecule has 0 aromatic heterocycles. The Kier molecular flexibility index (Phi) is 3.29. The third kappa shape index (κ3) is 2.70. The average molecular weight is 279 g/mol.